The van der Waals surface area contributed by atoms with E-state index in [0.717, 1.165) is 16.3 Å². The van der Waals surface area contributed by atoms with E-state index in [9.17, 15) is 9.59 Å². The number of aryl methyl sites for hydroxylation is 1. The lowest BCUT2D eigenvalue weighted by molar-refractivity contribution is 0.102. The molecule has 0 atom stereocenters. The van der Waals surface area contributed by atoms with Crippen molar-refractivity contribution in [3.63, 3.8) is 0 Å². The zero-order valence-corrected chi connectivity index (χ0v) is 11.9. The van der Waals surface area contributed by atoms with Crippen LogP contribution in [0.5, 0.6) is 0 Å². The van der Waals surface area contributed by atoms with Gasteiger partial charge in [0.25, 0.3) is 5.91 Å². The first-order valence-electron chi connectivity index (χ1n) is 5.73. The number of halogens is 1. The largest absolute Gasteiger partial charge is 0.322 e. The van der Waals surface area contributed by atoms with Gasteiger partial charge in [-0.2, -0.15) is 0 Å². The molecular weight excluding hydrogens is 306 g/mol. The van der Waals surface area contributed by atoms with Crippen LogP contribution in [0.2, 0.25) is 0 Å². The molecule has 0 saturated carbocycles. The summed E-state index contributed by atoms with van der Waals surface area (Å²) >= 11 is 3.36. The van der Waals surface area contributed by atoms with Crippen LogP contribution in [0.15, 0.2) is 46.9 Å². The number of hydrogen-bond donors (Lipinski definition) is 1. The summed E-state index contributed by atoms with van der Waals surface area (Å²) in [7, 11) is 0. The van der Waals surface area contributed by atoms with Gasteiger partial charge in [-0.05, 0) is 59.3 Å². The van der Waals surface area contributed by atoms with Crippen LogP contribution < -0.4 is 5.32 Å². The molecule has 0 radical (unpaired) electrons. The van der Waals surface area contributed by atoms with E-state index in [0.29, 0.717) is 16.8 Å². The fraction of sp³-hybridized carbons (Fsp3) is 0.0667. The first-order valence-corrected chi connectivity index (χ1v) is 6.52. The summed E-state index contributed by atoms with van der Waals surface area (Å²) in [6.45, 7) is 1.93. The molecule has 1 amide bonds. The molecule has 1 N–H and O–H groups in total. The Morgan fingerprint density at radius 3 is 2.47 bits per heavy atom. The van der Waals surface area contributed by atoms with Crippen LogP contribution in [0, 0.1) is 6.92 Å². The number of nitrogens with one attached hydrogen (secondary N) is 1. The number of amides is 1. The predicted molar refractivity (Wildman–Crippen MR) is 78.7 cm³/mol. The Morgan fingerprint density at radius 2 is 1.84 bits per heavy atom. The molecule has 0 spiro atoms. The normalized spacial score (nSPS) is 10.0. The van der Waals surface area contributed by atoms with Crippen molar-refractivity contribution < 1.29 is 9.59 Å². The summed E-state index contributed by atoms with van der Waals surface area (Å²) < 4.78 is 0.750. The standard InChI is InChI=1S/C15H12BrNO2/c1-10-2-7-14(16)13(8-10)15(19)17-12-5-3-11(9-18)4-6-12/h2-9H,1H3,(H,17,19). The van der Waals surface area contributed by atoms with Crippen molar-refractivity contribution >= 4 is 33.8 Å². The quantitative estimate of drug-likeness (QED) is 0.875. The molecule has 0 aliphatic heterocycles. The molecule has 19 heavy (non-hydrogen) atoms. The third-order valence-corrected chi connectivity index (χ3v) is 3.36. The second kappa shape index (κ2) is 5.80. The summed E-state index contributed by atoms with van der Waals surface area (Å²) in [5.74, 6) is -0.186. The summed E-state index contributed by atoms with van der Waals surface area (Å²) in [5, 5.41) is 2.79. The number of anilines is 1. The minimum absolute atomic E-state index is 0.186. The minimum Gasteiger partial charge on any atom is -0.322 e. The highest BCUT2D eigenvalue weighted by atomic mass is 79.9. The Bertz CT molecular complexity index is 621. The maximum atomic E-state index is 12.1. The third kappa shape index (κ3) is 3.29. The highest BCUT2D eigenvalue weighted by molar-refractivity contribution is 9.10. The summed E-state index contributed by atoms with van der Waals surface area (Å²) in [5.41, 5.74) is 2.84. The van der Waals surface area contributed by atoms with Gasteiger partial charge in [0.05, 0.1) is 5.56 Å². The molecule has 0 aliphatic carbocycles. The summed E-state index contributed by atoms with van der Waals surface area (Å²) in [4.78, 5) is 22.7. The van der Waals surface area contributed by atoms with Crippen LogP contribution in [0.4, 0.5) is 5.69 Å². The highest BCUT2D eigenvalue weighted by Gasteiger charge is 2.10. The highest BCUT2D eigenvalue weighted by Crippen LogP contribution is 2.19. The molecule has 2 aromatic rings. The Hall–Kier alpha value is -1.94. The molecule has 96 valence electrons. The van der Waals surface area contributed by atoms with Crippen molar-refractivity contribution in [1.82, 2.24) is 0 Å². The van der Waals surface area contributed by atoms with Gasteiger partial charge in [-0.25, -0.2) is 0 Å². The maximum absolute atomic E-state index is 12.1. The van der Waals surface area contributed by atoms with Crippen LogP contribution in [-0.2, 0) is 0 Å². The van der Waals surface area contributed by atoms with Crippen molar-refractivity contribution in [2.45, 2.75) is 6.92 Å². The SMILES string of the molecule is Cc1ccc(Br)c(C(=O)Nc2ccc(C=O)cc2)c1. The van der Waals surface area contributed by atoms with Gasteiger partial charge in [-0.3, -0.25) is 9.59 Å². The number of rotatable bonds is 3. The topological polar surface area (TPSA) is 46.2 Å². The lowest BCUT2D eigenvalue weighted by Crippen LogP contribution is -2.12. The van der Waals surface area contributed by atoms with Crippen LogP contribution in [0.3, 0.4) is 0 Å². The van der Waals surface area contributed by atoms with Crippen molar-refractivity contribution in [2.75, 3.05) is 5.32 Å². The molecule has 0 aliphatic rings. The first kappa shape index (κ1) is 13.5. The first-order chi connectivity index (χ1) is 9.10. The average molecular weight is 318 g/mol. The Balaban J connectivity index is 2.20. The van der Waals surface area contributed by atoms with E-state index in [1.807, 2.05) is 25.1 Å². The molecular formula is C15H12BrNO2. The number of hydrogen-bond acceptors (Lipinski definition) is 2. The summed E-state index contributed by atoms with van der Waals surface area (Å²) in [6, 6.07) is 12.3. The average Bonchev–Trinajstić information content (AvgIpc) is 2.42. The number of carbonyl (C=O) groups excluding carboxylic acids is 2. The molecule has 0 bridgehead atoms. The number of carbonyl (C=O) groups is 2. The van der Waals surface area contributed by atoms with E-state index in [1.165, 1.54) is 0 Å². The fourth-order valence-electron chi connectivity index (χ4n) is 1.66. The predicted octanol–water partition coefficient (Wildman–Crippen LogP) is 3.82. The van der Waals surface area contributed by atoms with Crippen LogP contribution in [-0.4, -0.2) is 12.2 Å². The molecule has 0 fully saturated rings. The van der Waals surface area contributed by atoms with Gasteiger partial charge in [-0.1, -0.05) is 11.6 Å². The molecule has 0 heterocycles. The van der Waals surface area contributed by atoms with Crippen molar-refractivity contribution in [3.05, 3.63) is 63.6 Å². The minimum atomic E-state index is -0.186. The van der Waals surface area contributed by atoms with E-state index in [1.54, 1.807) is 24.3 Å². The lowest BCUT2D eigenvalue weighted by atomic mass is 10.1. The smallest absolute Gasteiger partial charge is 0.256 e. The van der Waals surface area contributed by atoms with Gasteiger partial charge in [0.1, 0.15) is 6.29 Å². The Kier molecular flexibility index (Phi) is 4.12. The second-order valence-electron chi connectivity index (χ2n) is 4.18. The monoisotopic (exact) mass is 317 g/mol. The van der Waals surface area contributed by atoms with Gasteiger partial charge in [-0.15, -0.1) is 0 Å². The molecule has 3 nitrogen and oxygen atoms in total. The van der Waals surface area contributed by atoms with Crippen LogP contribution >= 0.6 is 15.9 Å². The molecule has 0 aromatic heterocycles. The van der Waals surface area contributed by atoms with Crippen LogP contribution in [0.25, 0.3) is 0 Å². The van der Waals surface area contributed by atoms with E-state index >= 15 is 0 Å². The Labute approximate surface area is 119 Å². The van der Waals surface area contributed by atoms with Gasteiger partial charge in [0.2, 0.25) is 0 Å². The van der Waals surface area contributed by atoms with Crippen molar-refractivity contribution in [3.8, 4) is 0 Å². The van der Waals surface area contributed by atoms with E-state index in [2.05, 4.69) is 21.2 Å². The molecule has 0 saturated heterocycles. The van der Waals surface area contributed by atoms with Crippen LogP contribution in [0.1, 0.15) is 26.3 Å². The number of benzene rings is 2. The van der Waals surface area contributed by atoms with Gasteiger partial charge < -0.3 is 5.32 Å². The summed E-state index contributed by atoms with van der Waals surface area (Å²) in [6.07, 6.45) is 0.767. The molecule has 2 rings (SSSR count). The van der Waals surface area contributed by atoms with E-state index < -0.39 is 0 Å². The lowest BCUT2D eigenvalue weighted by Gasteiger charge is -2.08. The zero-order valence-electron chi connectivity index (χ0n) is 10.3. The fourth-order valence-corrected chi connectivity index (χ4v) is 2.08. The van der Waals surface area contributed by atoms with E-state index in [-0.39, 0.29) is 5.91 Å². The van der Waals surface area contributed by atoms with Gasteiger partial charge in [0.15, 0.2) is 0 Å². The zero-order chi connectivity index (χ0) is 13.8. The third-order valence-electron chi connectivity index (χ3n) is 2.67. The molecule has 0 unspecified atom stereocenters. The number of aldehydes is 1. The van der Waals surface area contributed by atoms with Gasteiger partial charge >= 0.3 is 0 Å². The maximum Gasteiger partial charge on any atom is 0.256 e. The van der Waals surface area contributed by atoms with Gasteiger partial charge in [0, 0.05) is 15.7 Å². The van der Waals surface area contributed by atoms with Crippen molar-refractivity contribution in [1.29, 1.82) is 0 Å². The molecule has 4 heteroatoms. The molecule has 2 aromatic carbocycles. The second-order valence-corrected chi connectivity index (χ2v) is 5.03. The van der Waals surface area contributed by atoms with Crippen molar-refractivity contribution in [2.24, 2.45) is 0 Å². The van der Waals surface area contributed by atoms with E-state index in [4.69, 9.17) is 0 Å². The Morgan fingerprint density at radius 1 is 1.16 bits per heavy atom.